The van der Waals surface area contributed by atoms with Gasteiger partial charge in [0.1, 0.15) is 23.9 Å². The predicted octanol–water partition coefficient (Wildman–Crippen LogP) is 4.99. The standard InChI is InChI=1S/C31H29N3O5/c1-21-5-2-3-6-24(21)19-39-26-13-9-23(10-14-26)29(36)27-28(22-7-11-25(35)12-8-22)34(31(38)30(27)37)17-4-16-33-18-15-32-20-33/h2-3,5-15,18,20,28,35-36H,4,16-17,19H2,1H3. The molecule has 4 aromatic rings. The van der Waals surface area contributed by atoms with Gasteiger partial charge in [0.05, 0.1) is 17.9 Å². The number of phenolic OH excluding ortho intramolecular Hbond substituents is 1. The van der Waals surface area contributed by atoms with E-state index in [0.717, 1.165) is 11.1 Å². The third kappa shape index (κ3) is 5.55. The van der Waals surface area contributed by atoms with E-state index in [9.17, 15) is 19.8 Å². The normalized spacial score (nSPS) is 16.5. The van der Waals surface area contributed by atoms with Crippen LogP contribution in [0.2, 0.25) is 0 Å². The van der Waals surface area contributed by atoms with Crippen LogP contribution >= 0.6 is 0 Å². The summed E-state index contributed by atoms with van der Waals surface area (Å²) in [6.45, 7) is 3.35. The Labute approximate surface area is 226 Å². The molecule has 2 N–H and O–H groups in total. The molecule has 0 spiro atoms. The van der Waals surface area contributed by atoms with Gasteiger partial charge in [0.2, 0.25) is 0 Å². The molecule has 2 heterocycles. The summed E-state index contributed by atoms with van der Waals surface area (Å²) >= 11 is 0. The van der Waals surface area contributed by atoms with E-state index in [1.807, 2.05) is 42.0 Å². The quantitative estimate of drug-likeness (QED) is 0.182. The fourth-order valence-corrected chi connectivity index (χ4v) is 4.75. The van der Waals surface area contributed by atoms with Gasteiger partial charge in [-0.1, -0.05) is 36.4 Å². The number of aromatic nitrogens is 2. The molecule has 0 aliphatic carbocycles. The lowest BCUT2D eigenvalue weighted by molar-refractivity contribution is -0.139. The van der Waals surface area contributed by atoms with Crippen molar-refractivity contribution < 1.29 is 24.5 Å². The van der Waals surface area contributed by atoms with Crippen molar-refractivity contribution >= 4 is 17.4 Å². The Morgan fingerprint density at radius 3 is 2.41 bits per heavy atom. The average molecular weight is 524 g/mol. The number of ether oxygens (including phenoxy) is 1. The highest BCUT2D eigenvalue weighted by atomic mass is 16.5. The largest absolute Gasteiger partial charge is 0.508 e. The number of carbonyl (C=O) groups is 2. The Morgan fingerprint density at radius 2 is 1.72 bits per heavy atom. The van der Waals surface area contributed by atoms with Crippen molar-refractivity contribution in [2.75, 3.05) is 6.54 Å². The van der Waals surface area contributed by atoms with E-state index < -0.39 is 17.7 Å². The Kier molecular flexibility index (Phi) is 7.45. The minimum Gasteiger partial charge on any atom is -0.508 e. The van der Waals surface area contributed by atoms with Gasteiger partial charge >= 0.3 is 0 Å². The summed E-state index contributed by atoms with van der Waals surface area (Å²) < 4.78 is 7.81. The zero-order valence-electron chi connectivity index (χ0n) is 21.5. The van der Waals surface area contributed by atoms with Gasteiger partial charge in [0.15, 0.2) is 0 Å². The lowest BCUT2D eigenvalue weighted by Crippen LogP contribution is -2.31. The SMILES string of the molecule is Cc1ccccc1COc1ccc(C(O)=C2C(=O)C(=O)N(CCCn3ccnc3)C2c2ccc(O)cc2)cc1. The summed E-state index contributed by atoms with van der Waals surface area (Å²) in [6, 6.07) is 20.3. The van der Waals surface area contributed by atoms with Crippen LogP contribution in [0.15, 0.2) is 97.1 Å². The number of imidazole rings is 1. The van der Waals surface area contributed by atoms with Crippen LogP contribution in [-0.4, -0.2) is 42.9 Å². The highest BCUT2D eigenvalue weighted by Crippen LogP contribution is 2.40. The number of aliphatic hydroxyl groups is 1. The molecule has 1 saturated heterocycles. The minimum absolute atomic E-state index is 0.0156. The third-order valence-corrected chi connectivity index (χ3v) is 6.91. The number of amides is 1. The van der Waals surface area contributed by atoms with Crippen LogP contribution in [0.3, 0.4) is 0 Å². The molecule has 39 heavy (non-hydrogen) atoms. The number of aryl methyl sites for hydroxylation is 2. The van der Waals surface area contributed by atoms with E-state index in [1.165, 1.54) is 17.0 Å². The van der Waals surface area contributed by atoms with Gasteiger partial charge < -0.3 is 24.4 Å². The molecule has 8 heteroatoms. The molecule has 0 radical (unpaired) electrons. The fourth-order valence-electron chi connectivity index (χ4n) is 4.75. The maximum atomic E-state index is 13.2. The summed E-state index contributed by atoms with van der Waals surface area (Å²) in [5.41, 5.74) is 3.25. The third-order valence-electron chi connectivity index (χ3n) is 6.91. The van der Waals surface area contributed by atoms with Crippen molar-refractivity contribution in [2.24, 2.45) is 0 Å². The number of Topliss-reactive ketones (excluding diaryl/α,β-unsaturated/α-hetero) is 1. The second kappa shape index (κ2) is 11.3. The summed E-state index contributed by atoms with van der Waals surface area (Å²) in [6.07, 6.45) is 5.80. The molecule has 1 amide bonds. The van der Waals surface area contributed by atoms with E-state index >= 15 is 0 Å². The number of aliphatic hydroxyl groups excluding tert-OH is 1. The van der Waals surface area contributed by atoms with Gasteiger partial charge in [0, 0.05) is 31.0 Å². The second-order valence-electron chi connectivity index (χ2n) is 9.48. The highest BCUT2D eigenvalue weighted by molar-refractivity contribution is 6.46. The summed E-state index contributed by atoms with van der Waals surface area (Å²) in [5.74, 6) is -0.984. The highest BCUT2D eigenvalue weighted by Gasteiger charge is 2.45. The lowest BCUT2D eigenvalue weighted by Gasteiger charge is -2.25. The molecule has 5 rings (SSSR count). The van der Waals surface area contributed by atoms with Crippen molar-refractivity contribution in [3.8, 4) is 11.5 Å². The van der Waals surface area contributed by atoms with E-state index in [-0.39, 0.29) is 17.1 Å². The van der Waals surface area contributed by atoms with Gasteiger partial charge in [-0.3, -0.25) is 9.59 Å². The first kappa shape index (κ1) is 25.8. The smallest absolute Gasteiger partial charge is 0.295 e. The van der Waals surface area contributed by atoms with Crippen LogP contribution in [0, 0.1) is 6.92 Å². The first-order valence-corrected chi connectivity index (χ1v) is 12.7. The van der Waals surface area contributed by atoms with Crippen LogP contribution in [-0.2, 0) is 22.7 Å². The van der Waals surface area contributed by atoms with Gasteiger partial charge in [0.25, 0.3) is 11.7 Å². The van der Waals surface area contributed by atoms with Gasteiger partial charge in [-0.2, -0.15) is 0 Å². The molecule has 1 unspecified atom stereocenters. The predicted molar refractivity (Wildman–Crippen MR) is 146 cm³/mol. The van der Waals surface area contributed by atoms with Gasteiger partial charge in [-0.05, 0) is 66.4 Å². The van der Waals surface area contributed by atoms with Crippen molar-refractivity contribution in [1.82, 2.24) is 14.5 Å². The Morgan fingerprint density at radius 1 is 0.974 bits per heavy atom. The Hall–Kier alpha value is -4.85. The number of phenols is 1. The molecule has 0 saturated carbocycles. The van der Waals surface area contributed by atoms with Crippen LogP contribution in [0.25, 0.3) is 5.76 Å². The van der Waals surface area contributed by atoms with Crippen molar-refractivity contribution in [2.45, 2.75) is 32.5 Å². The van der Waals surface area contributed by atoms with E-state index in [1.54, 1.807) is 48.9 Å². The van der Waals surface area contributed by atoms with Crippen LogP contribution < -0.4 is 4.74 Å². The summed E-state index contributed by atoms with van der Waals surface area (Å²) in [5, 5.41) is 21.1. The maximum absolute atomic E-state index is 13.2. The number of ketones is 1. The topological polar surface area (TPSA) is 105 Å². The Bertz CT molecular complexity index is 1490. The summed E-state index contributed by atoms with van der Waals surface area (Å²) in [7, 11) is 0. The molecule has 1 fully saturated rings. The zero-order valence-corrected chi connectivity index (χ0v) is 21.5. The van der Waals surface area contributed by atoms with Crippen molar-refractivity contribution in [1.29, 1.82) is 0 Å². The molecule has 198 valence electrons. The second-order valence-corrected chi connectivity index (χ2v) is 9.48. The number of rotatable bonds is 9. The monoisotopic (exact) mass is 523 g/mol. The zero-order chi connectivity index (χ0) is 27.4. The molecule has 1 aromatic heterocycles. The van der Waals surface area contributed by atoms with E-state index in [0.29, 0.717) is 43.0 Å². The van der Waals surface area contributed by atoms with Gasteiger partial charge in [-0.15, -0.1) is 0 Å². The number of aromatic hydroxyl groups is 1. The number of carbonyl (C=O) groups excluding carboxylic acids is 2. The number of hydrogen-bond donors (Lipinski definition) is 2. The Balaban J connectivity index is 1.41. The van der Waals surface area contributed by atoms with E-state index in [4.69, 9.17) is 4.74 Å². The van der Waals surface area contributed by atoms with Crippen LogP contribution in [0.1, 0.15) is 34.7 Å². The molecule has 1 aliphatic heterocycles. The number of likely N-dealkylation sites (tertiary alicyclic amines) is 1. The number of hydrogen-bond acceptors (Lipinski definition) is 6. The average Bonchev–Trinajstić information content (AvgIpc) is 3.55. The molecule has 3 aromatic carbocycles. The molecule has 0 bridgehead atoms. The molecule has 1 aliphatic rings. The number of benzene rings is 3. The first-order valence-electron chi connectivity index (χ1n) is 12.7. The van der Waals surface area contributed by atoms with Crippen molar-refractivity contribution in [3.63, 3.8) is 0 Å². The number of nitrogens with zero attached hydrogens (tertiary/aromatic N) is 3. The maximum Gasteiger partial charge on any atom is 0.295 e. The fraction of sp³-hybridized carbons (Fsp3) is 0.194. The minimum atomic E-state index is -0.787. The van der Waals surface area contributed by atoms with Crippen molar-refractivity contribution in [3.05, 3.63) is 119 Å². The first-order chi connectivity index (χ1) is 18.9. The van der Waals surface area contributed by atoms with Crippen LogP contribution in [0.5, 0.6) is 11.5 Å². The molecule has 8 nitrogen and oxygen atoms in total. The molecular weight excluding hydrogens is 494 g/mol. The van der Waals surface area contributed by atoms with Gasteiger partial charge in [-0.25, -0.2) is 4.98 Å². The summed E-state index contributed by atoms with van der Waals surface area (Å²) in [4.78, 5) is 31.9. The molecule has 1 atom stereocenters. The van der Waals surface area contributed by atoms with Crippen LogP contribution in [0.4, 0.5) is 0 Å². The lowest BCUT2D eigenvalue weighted by atomic mass is 9.95. The van der Waals surface area contributed by atoms with E-state index in [2.05, 4.69) is 4.98 Å². The molecular formula is C31H29N3O5.